The van der Waals surface area contributed by atoms with Crippen LogP contribution in [0.2, 0.25) is 0 Å². The van der Waals surface area contributed by atoms with E-state index >= 15 is 0 Å². The fraction of sp³-hybridized carbons (Fsp3) is 0.286. The summed E-state index contributed by atoms with van der Waals surface area (Å²) in [6.07, 6.45) is 0.0165. The van der Waals surface area contributed by atoms with Crippen LogP contribution in [0.15, 0.2) is 48.5 Å². The third-order valence-electron chi connectivity index (χ3n) is 4.30. The molecule has 0 atom stereocenters. The van der Waals surface area contributed by atoms with Crippen molar-refractivity contribution in [2.24, 2.45) is 0 Å². The lowest BCUT2D eigenvalue weighted by atomic mass is 10.1. The molecule has 29 heavy (non-hydrogen) atoms. The molecule has 0 fully saturated rings. The van der Waals surface area contributed by atoms with Gasteiger partial charge in [0.25, 0.3) is 5.91 Å². The average molecular weight is 400 g/mol. The Morgan fingerprint density at radius 3 is 2.03 bits per heavy atom. The van der Waals surface area contributed by atoms with Gasteiger partial charge < -0.3 is 10.2 Å². The highest BCUT2D eigenvalue weighted by Gasteiger charge is 2.12. The second kappa shape index (κ2) is 10.8. The van der Waals surface area contributed by atoms with Crippen molar-refractivity contribution in [3.63, 3.8) is 0 Å². The van der Waals surface area contributed by atoms with Crippen LogP contribution < -0.4 is 16.2 Å². The van der Waals surface area contributed by atoms with Gasteiger partial charge in [0.2, 0.25) is 5.91 Å². The minimum absolute atomic E-state index is 0.0165. The van der Waals surface area contributed by atoms with Crippen molar-refractivity contribution in [3.8, 4) is 0 Å². The van der Waals surface area contributed by atoms with Crippen LogP contribution >= 0.6 is 0 Å². The maximum Gasteiger partial charge on any atom is 0.333 e. The van der Waals surface area contributed by atoms with Gasteiger partial charge in [0.15, 0.2) is 0 Å². The number of hydrogen-bond acceptors (Lipinski definition) is 3. The van der Waals surface area contributed by atoms with Gasteiger partial charge in [-0.05, 0) is 49.2 Å². The number of benzene rings is 2. The van der Waals surface area contributed by atoms with E-state index in [4.69, 9.17) is 0 Å². The molecule has 0 bridgehead atoms. The van der Waals surface area contributed by atoms with E-state index in [1.54, 1.807) is 29.2 Å². The Bertz CT molecular complexity index is 834. The van der Waals surface area contributed by atoms with Gasteiger partial charge in [0, 0.05) is 25.2 Å². The van der Waals surface area contributed by atoms with Gasteiger partial charge in [-0.1, -0.05) is 24.3 Å². The summed E-state index contributed by atoms with van der Waals surface area (Å²) in [4.78, 5) is 37.6. The van der Waals surface area contributed by atoms with E-state index in [0.29, 0.717) is 24.2 Å². The van der Waals surface area contributed by atoms with Crippen molar-refractivity contribution in [3.05, 3.63) is 71.0 Å². The number of nitrogens with zero attached hydrogens (tertiary/aromatic N) is 1. The van der Waals surface area contributed by atoms with Gasteiger partial charge in [0.05, 0.1) is 6.42 Å². The zero-order valence-electron chi connectivity index (χ0n) is 16.5. The number of rotatable bonds is 7. The fourth-order valence-corrected chi connectivity index (χ4v) is 2.64. The van der Waals surface area contributed by atoms with Crippen molar-refractivity contribution in [2.75, 3.05) is 13.1 Å². The molecule has 8 heteroatoms. The molecule has 0 saturated heterocycles. The highest BCUT2D eigenvalue weighted by Crippen LogP contribution is 2.08. The normalized spacial score (nSPS) is 10.2. The SMILES string of the molecule is CCN(CC)C(=O)c1ccc(CNC(=O)NNC(=O)Cc2ccc(F)cc2)cc1. The highest BCUT2D eigenvalue weighted by molar-refractivity contribution is 5.94. The third-order valence-corrected chi connectivity index (χ3v) is 4.30. The largest absolute Gasteiger partial charge is 0.339 e. The number of hydrogen-bond donors (Lipinski definition) is 3. The molecule has 0 aliphatic rings. The van der Waals surface area contributed by atoms with Gasteiger partial charge in [-0.15, -0.1) is 0 Å². The number of carbonyl (C=O) groups is 3. The van der Waals surface area contributed by atoms with Crippen molar-refractivity contribution < 1.29 is 18.8 Å². The number of hydrazine groups is 1. The molecular formula is C21H25FN4O3. The summed E-state index contributed by atoms with van der Waals surface area (Å²) in [5.41, 5.74) is 6.58. The van der Waals surface area contributed by atoms with E-state index in [0.717, 1.165) is 5.56 Å². The quantitative estimate of drug-likeness (QED) is 0.624. The van der Waals surface area contributed by atoms with Gasteiger partial charge in [0.1, 0.15) is 5.82 Å². The summed E-state index contributed by atoms with van der Waals surface area (Å²) in [5.74, 6) is -0.834. The van der Waals surface area contributed by atoms with Crippen LogP contribution in [-0.2, 0) is 17.8 Å². The van der Waals surface area contributed by atoms with Crippen LogP contribution in [-0.4, -0.2) is 35.8 Å². The van der Waals surface area contributed by atoms with Crippen LogP contribution in [0.4, 0.5) is 9.18 Å². The first-order valence-corrected chi connectivity index (χ1v) is 9.38. The molecule has 0 heterocycles. The van der Waals surface area contributed by atoms with Crippen LogP contribution in [0.5, 0.6) is 0 Å². The summed E-state index contributed by atoms with van der Waals surface area (Å²) < 4.78 is 12.8. The molecule has 3 N–H and O–H groups in total. The van der Waals surface area contributed by atoms with Gasteiger partial charge in [-0.3, -0.25) is 15.0 Å². The fourth-order valence-electron chi connectivity index (χ4n) is 2.64. The van der Waals surface area contributed by atoms with E-state index in [2.05, 4.69) is 16.2 Å². The standard InChI is InChI=1S/C21H25FN4O3/c1-3-26(4-2)20(28)17-9-5-16(6-10-17)14-23-21(29)25-24-19(27)13-15-7-11-18(22)12-8-15/h5-12H,3-4,13-14H2,1-2H3,(H,24,27)(H2,23,25,29). The molecule has 0 aromatic heterocycles. The molecule has 0 aliphatic carbocycles. The third kappa shape index (κ3) is 6.91. The maximum absolute atomic E-state index is 12.8. The van der Waals surface area contributed by atoms with Crippen LogP contribution in [0.1, 0.15) is 35.3 Å². The molecule has 4 amide bonds. The molecule has 7 nitrogen and oxygen atoms in total. The minimum atomic E-state index is -0.569. The predicted octanol–water partition coefficient (Wildman–Crippen LogP) is 2.38. The monoisotopic (exact) mass is 400 g/mol. The first-order valence-electron chi connectivity index (χ1n) is 9.38. The second-order valence-corrected chi connectivity index (χ2v) is 6.33. The lowest BCUT2D eigenvalue weighted by Gasteiger charge is -2.18. The highest BCUT2D eigenvalue weighted by atomic mass is 19.1. The van der Waals surface area contributed by atoms with Crippen molar-refractivity contribution in [1.29, 1.82) is 0 Å². The molecule has 0 radical (unpaired) electrons. The molecule has 2 aromatic carbocycles. The van der Waals surface area contributed by atoms with E-state index in [-0.39, 0.29) is 24.7 Å². The number of urea groups is 1. The molecule has 0 unspecified atom stereocenters. The Morgan fingerprint density at radius 2 is 1.45 bits per heavy atom. The molecule has 154 valence electrons. The molecule has 2 rings (SSSR count). The minimum Gasteiger partial charge on any atom is -0.339 e. The van der Waals surface area contributed by atoms with Crippen LogP contribution in [0.25, 0.3) is 0 Å². The topological polar surface area (TPSA) is 90.5 Å². The number of carbonyl (C=O) groups excluding carboxylic acids is 3. The lowest BCUT2D eigenvalue weighted by Crippen LogP contribution is -2.47. The van der Waals surface area contributed by atoms with E-state index in [9.17, 15) is 18.8 Å². The van der Waals surface area contributed by atoms with Crippen LogP contribution in [0.3, 0.4) is 0 Å². The zero-order chi connectivity index (χ0) is 21.2. The Hall–Kier alpha value is -3.42. The summed E-state index contributed by atoms with van der Waals surface area (Å²) in [7, 11) is 0. The van der Waals surface area contributed by atoms with Gasteiger partial charge in [-0.25, -0.2) is 14.6 Å². The Morgan fingerprint density at radius 1 is 0.862 bits per heavy atom. The van der Waals surface area contributed by atoms with E-state index < -0.39 is 11.9 Å². The maximum atomic E-state index is 12.8. The lowest BCUT2D eigenvalue weighted by molar-refractivity contribution is -0.121. The number of halogens is 1. The van der Waals surface area contributed by atoms with Crippen molar-refractivity contribution in [1.82, 2.24) is 21.1 Å². The van der Waals surface area contributed by atoms with Crippen LogP contribution in [0, 0.1) is 5.82 Å². The number of amides is 4. The Labute approximate surface area is 169 Å². The van der Waals surface area contributed by atoms with E-state index in [1.807, 2.05) is 13.8 Å². The Kier molecular flexibility index (Phi) is 8.14. The predicted molar refractivity (Wildman–Crippen MR) is 107 cm³/mol. The average Bonchev–Trinajstić information content (AvgIpc) is 2.73. The summed E-state index contributed by atoms with van der Waals surface area (Å²) in [6, 6.07) is 12.0. The summed E-state index contributed by atoms with van der Waals surface area (Å²) >= 11 is 0. The molecular weight excluding hydrogens is 375 g/mol. The summed E-state index contributed by atoms with van der Waals surface area (Å²) in [5, 5.41) is 2.61. The second-order valence-electron chi connectivity index (χ2n) is 6.33. The molecule has 2 aromatic rings. The smallest absolute Gasteiger partial charge is 0.333 e. The first-order chi connectivity index (χ1) is 13.9. The van der Waals surface area contributed by atoms with Crippen molar-refractivity contribution in [2.45, 2.75) is 26.8 Å². The molecule has 0 aliphatic heterocycles. The Balaban J connectivity index is 1.75. The van der Waals surface area contributed by atoms with Crippen molar-refractivity contribution >= 4 is 17.8 Å². The van der Waals surface area contributed by atoms with Gasteiger partial charge in [-0.2, -0.15) is 0 Å². The molecule has 0 spiro atoms. The summed E-state index contributed by atoms with van der Waals surface area (Å²) in [6.45, 7) is 5.38. The zero-order valence-corrected chi connectivity index (χ0v) is 16.5. The van der Waals surface area contributed by atoms with E-state index in [1.165, 1.54) is 24.3 Å². The molecule has 0 saturated carbocycles. The first kappa shape index (κ1) is 21.9. The number of nitrogens with one attached hydrogen (secondary N) is 3. The van der Waals surface area contributed by atoms with Gasteiger partial charge >= 0.3 is 6.03 Å².